The van der Waals surface area contributed by atoms with Crippen molar-refractivity contribution in [2.45, 2.75) is 38.5 Å². The van der Waals surface area contributed by atoms with Crippen molar-refractivity contribution in [2.75, 3.05) is 22.5 Å². The quantitative estimate of drug-likeness (QED) is 0.249. The second-order valence-electron chi connectivity index (χ2n) is 8.92. The molecule has 0 fully saturated rings. The van der Waals surface area contributed by atoms with Crippen molar-refractivity contribution in [1.82, 2.24) is 5.32 Å². The van der Waals surface area contributed by atoms with Gasteiger partial charge in [0, 0.05) is 34.7 Å². The molecule has 9 heteroatoms. The van der Waals surface area contributed by atoms with Crippen LogP contribution >= 0.6 is 11.6 Å². The van der Waals surface area contributed by atoms with Gasteiger partial charge in [-0.25, -0.2) is 8.42 Å². The number of sulfonamides is 1. The van der Waals surface area contributed by atoms with Gasteiger partial charge in [-0.15, -0.1) is 11.6 Å². The molecule has 3 aromatic carbocycles. The van der Waals surface area contributed by atoms with Crippen molar-refractivity contribution in [3.05, 3.63) is 66.2 Å². The number of hydrogen-bond acceptors (Lipinski definition) is 4. The fraction of sp³-hybridized carbons (Fsp3) is 0.308. The second kappa shape index (κ2) is 11.1. The Kier molecular flexibility index (Phi) is 8.40. The SMILES string of the molecule is CCCCNC(=O)c1cccc2c(S(=O)(=O)Nc3ccc(NC(=O)C(C)(C)CCl)cc3)cccc12. The minimum absolute atomic E-state index is 0.0689. The van der Waals surface area contributed by atoms with Crippen LogP contribution in [0, 0.1) is 5.41 Å². The van der Waals surface area contributed by atoms with Crippen LogP contribution < -0.4 is 15.4 Å². The van der Waals surface area contributed by atoms with Gasteiger partial charge in [-0.1, -0.05) is 37.6 Å². The van der Waals surface area contributed by atoms with Crippen molar-refractivity contribution in [2.24, 2.45) is 5.41 Å². The molecule has 3 rings (SSSR count). The summed E-state index contributed by atoms with van der Waals surface area (Å²) in [5.41, 5.74) is 0.558. The van der Waals surface area contributed by atoms with Crippen molar-refractivity contribution in [1.29, 1.82) is 0 Å². The maximum Gasteiger partial charge on any atom is 0.262 e. The third-order valence-electron chi connectivity index (χ3n) is 5.58. The van der Waals surface area contributed by atoms with E-state index in [0.717, 1.165) is 12.8 Å². The van der Waals surface area contributed by atoms with Gasteiger partial charge in [-0.05, 0) is 62.1 Å². The number of halogens is 1. The fourth-order valence-corrected chi connectivity index (χ4v) is 4.78. The van der Waals surface area contributed by atoms with Crippen molar-refractivity contribution in [3.8, 4) is 0 Å². The number of amides is 2. The number of anilines is 2. The van der Waals surface area contributed by atoms with Gasteiger partial charge in [-0.3, -0.25) is 14.3 Å². The highest BCUT2D eigenvalue weighted by molar-refractivity contribution is 7.93. The first kappa shape index (κ1) is 26.5. The molecule has 0 aromatic heterocycles. The average molecular weight is 516 g/mol. The van der Waals surface area contributed by atoms with Crippen molar-refractivity contribution < 1.29 is 18.0 Å². The standard InChI is InChI=1S/C26H30ClN3O4S/c1-4-5-16-28-24(31)22-10-6-9-21-20(22)8-7-11-23(21)35(33,34)30-19-14-12-18(13-15-19)29-25(32)26(2,3)17-27/h6-15,30H,4-5,16-17H2,1-3H3,(H,28,31)(H,29,32). The Morgan fingerprint density at radius 3 is 2.20 bits per heavy atom. The van der Waals surface area contributed by atoms with Crippen LogP contribution in [0.4, 0.5) is 11.4 Å². The Labute approximate surface area is 211 Å². The molecule has 7 nitrogen and oxygen atoms in total. The van der Waals surface area contributed by atoms with Crippen LogP contribution in [0.3, 0.4) is 0 Å². The fourth-order valence-electron chi connectivity index (χ4n) is 3.38. The summed E-state index contributed by atoms with van der Waals surface area (Å²) >= 11 is 5.85. The number of fused-ring (bicyclic) bond motifs is 1. The maximum atomic E-state index is 13.2. The minimum Gasteiger partial charge on any atom is -0.352 e. The number of carbonyl (C=O) groups excluding carboxylic acids is 2. The Morgan fingerprint density at radius 2 is 1.54 bits per heavy atom. The Morgan fingerprint density at radius 1 is 0.914 bits per heavy atom. The molecule has 0 heterocycles. The summed E-state index contributed by atoms with van der Waals surface area (Å²) < 4.78 is 29.1. The lowest BCUT2D eigenvalue weighted by Gasteiger charge is -2.20. The number of benzene rings is 3. The van der Waals surface area contributed by atoms with E-state index < -0.39 is 15.4 Å². The number of alkyl halides is 1. The number of rotatable bonds is 10. The second-order valence-corrected chi connectivity index (χ2v) is 10.8. The third kappa shape index (κ3) is 6.32. The molecule has 0 radical (unpaired) electrons. The van der Waals surface area contributed by atoms with Gasteiger partial charge in [0.05, 0.1) is 10.3 Å². The smallest absolute Gasteiger partial charge is 0.262 e. The predicted molar refractivity (Wildman–Crippen MR) is 142 cm³/mol. The summed E-state index contributed by atoms with van der Waals surface area (Å²) in [6.07, 6.45) is 1.83. The molecule has 0 aliphatic rings. The van der Waals surface area contributed by atoms with Crippen molar-refractivity contribution >= 4 is 55.6 Å². The van der Waals surface area contributed by atoms with Gasteiger partial charge in [0.25, 0.3) is 15.9 Å². The van der Waals surface area contributed by atoms with E-state index in [1.807, 2.05) is 6.92 Å². The lowest BCUT2D eigenvalue weighted by atomic mass is 9.95. The predicted octanol–water partition coefficient (Wildman–Crippen LogP) is 5.37. The molecule has 0 aliphatic heterocycles. The van der Waals surface area contributed by atoms with E-state index in [1.54, 1.807) is 68.4 Å². The van der Waals surface area contributed by atoms with Gasteiger partial charge in [0.15, 0.2) is 0 Å². The van der Waals surface area contributed by atoms with Crippen LogP contribution in [0.2, 0.25) is 0 Å². The van der Waals surface area contributed by atoms with E-state index in [4.69, 9.17) is 11.6 Å². The zero-order valence-electron chi connectivity index (χ0n) is 20.0. The Bertz CT molecular complexity index is 1320. The van der Waals surface area contributed by atoms with E-state index in [2.05, 4.69) is 15.4 Å². The van der Waals surface area contributed by atoms with Crippen LogP contribution in [0.25, 0.3) is 10.8 Å². The van der Waals surface area contributed by atoms with Gasteiger partial charge >= 0.3 is 0 Å². The van der Waals surface area contributed by atoms with Crippen molar-refractivity contribution in [3.63, 3.8) is 0 Å². The summed E-state index contributed by atoms with van der Waals surface area (Å²) in [5, 5.41) is 6.67. The lowest BCUT2D eigenvalue weighted by Crippen LogP contribution is -2.32. The molecule has 2 amide bonds. The van der Waals surface area contributed by atoms with Crippen LogP contribution in [0.1, 0.15) is 44.0 Å². The molecule has 0 saturated carbocycles. The van der Waals surface area contributed by atoms with Gasteiger partial charge in [0.2, 0.25) is 5.91 Å². The molecule has 0 saturated heterocycles. The highest BCUT2D eigenvalue weighted by Gasteiger charge is 2.26. The summed E-state index contributed by atoms with van der Waals surface area (Å²) in [6, 6.07) is 16.3. The largest absolute Gasteiger partial charge is 0.352 e. The highest BCUT2D eigenvalue weighted by atomic mass is 35.5. The minimum atomic E-state index is -3.95. The Hall–Kier alpha value is -3.10. The first-order chi connectivity index (χ1) is 16.6. The third-order valence-corrected chi connectivity index (χ3v) is 7.68. The van der Waals surface area contributed by atoms with Crippen LogP contribution in [-0.2, 0) is 14.8 Å². The number of carbonyl (C=O) groups is 2. The Balaban J connectivity index is 1.84. The van der Waals surface area contributed by atoms with Gasteiger partial charge < -0.3 is 10.6 Å². The van der Waals surface area contributed by atoms with Gasteiger partial charge in [0.1, 0.15) is 0 Å². The number of hydrogen-bond donors (Lipinski definition) is 3. The van der Waals surface area contributed by atoms with E-state index in [9.17, 15) is 18.0 Å². The molecule has 186 valence electrons. The van der Waals surface area contributed by atoms with Crippen LogP contribution in [0.5, 0.6) is 0 Å². The first-order valence-electron chi connectivity index (χ1n) is 11.4. The zero-order valence-corrected chi connectivity index (χ0v) is 21.6. The number of unbranched alkanes of at least 4 members (excludes halogenated alkanes) is 1. The molecule has 3 aromatic rings. The highest BCUT2D eigenvalue weighted by Crippen LogP contribution is 2.28. The summed E-state index contributed by atoms with van der Waals surface area (Å²) in [6.45, 7) is 6.08. The van der Waals surface area contributed by atoms with E-state index >= 15 is 0 Å². The number of nitrogens with one attached hydrogen (secondary N) is 3. The van der Waals surface area contributed by atoms with Crippen LogP contribution in [0.15, 0.2) is 65.6 Å². The molecule has 0 spiro atoms. The normalized spacial score (nSPS) is 11.8. The molecular weight excluding hydrogens is 486 g/mol. The monoisotopic (exact) mass is 515 g/mol. The summed E-state index contributed by atoms with van der Waals surface area (Å²) in [4.78, 5) is 25.0. The summed E-state index contributed by atoms with van der Waals surface area (Å²) in [5.74, 6) is -0.295. The average Bonchev–Trinajstić information content (AvgIpc) is 2.84. The topological polar surface area (TPSA) is 104 Å². The summed E-state index contributed by atoms with van der Waals surface area (Å²) in [7, 11) is -3.95. The van der Waals surface area contributed by atoms with E-state index in [1.165, 1.54) is 6.07 Å². The van der Waals surface area contributed by atoms with E-state index in [0.29, 0.717) is 34.3 Å². The molecule has 0 unspecified atom stereocenters. The maximum absolute atomic E-state index is 13.2. The molecular formula is C26H30ClN3O4S. The molecule has 35 heavy (non-hydrogen) atoms. The molecule has 0 bridgehead atoms. The van der Waals surface area contributed by atoms with E-state index in [-0.39, 0.29) is 22.6 Å². The van der Waals surface area contributed by atoms with Gasteiger partial charge in [-0.2, -0.15) is 0 Å². The van der Waals surface area contributed by atoms with Crippen LogP contribution in [-0.4, -0.2) is 32.7 Å². The first-order valence-corrected chi connectivity index (χ1v) is 13.4. The molecule has 0 atom stereocenters. The zero-order chi connectivity index (χ0) is 25.6. The molecule has 0 aliphatic carbocycles. The molecule has 3 N–H and O–H groups in total. The lowest BCUT2D eigenvalue weighted by molar-refractivity contribution is -0.122.